The van der Waals surface area contributed by atoms with E-state index in [2.05, 4.69) is 4.67 Å². The molecule has 1 aromatic carbocycles. The van der Waals surface area contributed by atoms with Gasteiger partial charge in [-0.25, -0.2) is 8.42 Å². The number of hydrogen-bond donors (Lipinski definition) is 0. The Morgan fingerprint density at radius 2 is 2.11 bits per heavy atom. The van der Waals surface area contributed by atoms with Gasteiger partial charge in [-0.1, -0.05) is 18.2 Å². The summed E-state index contributed by atoms with van der Waals surface area (Å²) in [6.07, 6.45) is 1.96. The van der Waals surface area contributed by atoms with E-state index >= 15 is 0 Å². The van der Waals surface area contributed by atoms with E-state index in [4.69, 9.17) is 4.52 Å². The number of rotatable bonds is 2. The molecule has 1 aromatic rings. The zero-order valence-corrected chi connectivity index (χ0v) is 11.6. The van der Waals surface area contributed by atoms with E-state index in [1.54, 1.807) is 24.3 Å². The van der Waals surface area contributed by atoms with Crippen LogP contribution in [0.1, 0.15) is 12.8 Å². The van der Waals surface area contributed by atoms with E-state index < -0.39 is 9.84 Å². The zero-order valence-electron chi connectivity index (χ0n) is 9.74. The highest BCUT2D eigenvalue weighted by atomic mass is 32.2. The molecule has 1 spiro atoms. The lowest BCUT2D eigenvalue weighted by Crippen LogP contribution is -2.29. The van der Waals surface area contributed by atoms with Gasteiger partial charge in [-0.2, -0.15) is 0 Å². The van der Waals surface area contributed by atoms with E-state index in [1.807, 2.05) is 6.07 Å². The lowest BCUT2D eigenvalue weighted by Gasteiger charge is -2.19. The Morgan fingerprint density at radius 3 is 2.89 bits per heavy atom. The van der Waals surface area contributed by atoms with Crippen molar-refractivity contribution < 1.29 is 12.9 Å². The quantitative estimate of drug-likeness (QED) is 0.773. The Balaban J connectivity index is 1.75. The van der Waals surface area contributed by atoms with Gasteiger partial charge in [0.25, 0.3) is 0 Å². The Kier molecular flexibility index (Phi) is 2.23. The number of nitrogens with zero attached hydrogens (tertiary/aromatic N) is 1. The van der Waals surface area contributed by atoms with Gasteiger partial charge in [0.2, 0.25) is 0 Å². The van der Waals surface area contributed by atoms with Gasteiger partial charge < -0.3 is 4.52 Å². The van der Waals surface area contributed by atoms with Crippen LogP contribution >= 0.6 is 8.96 Å². The minimum Gasteiger partial charge on any atom is -0.340 e. The fraction of sp³-hybridized carbons (Fsp3) is 0.500. The summed E-state index contributed by atoms with van der Waals surface area (Å²) in [7, 11) is -2.90. The largest absolute Gasteiger partial charge is 0.340 e. The molecule has 96 valence electrons. The molecule has 3 aliphatic rings. The second-order valence-electron chi connectivity index (χ2n) is 5.15. The molecule has 3 fully saturated rings. The van der Waals surface area contributed by atoms with Gasteiger partial charge in [0.15, 0.2) is 9.84 Å². The standard InChI is InChI=1S/C12H14NO3PS/c14-18(15,9-5-2-1-3-6-9)11-10-12(11)7-4-8-13(12)17-16-10/h1-3,5-6,10-11,17H,4,7-8H2/t10-,11?,12-/m1/s1. The minimum atomic E-state index is -3.25. The van der Waals surface area contributed by atoms with E-state index in [1.165, 1.54) is 0 Å². The van der Waals surface area contributed by atoms with Crippen LogP contribution in [0.25, 0.3) is 0 Å². The predicted molar refractivity (Wildman–Crippen MR) is 69.3 cm³/mol. The average molecular weight is 283 g/mol. The van der Waals surface area contributed by atoms with Crippen LogP contribution in [0.2, 0.25) is 0 Å². The highest BCUT2D eigenvalue weighted by Crippen LogP contribution is 2.66. The molecule has 4 atom stereocenters. The van der Waals surface area contributed by atoms with Crippen molar-refractivity contribution in [1.82, 2.24) is 4.67 Å². The molecule has 1 aliphatic carbocycles. The van der Waals surface area contributed by atoms with Crippen LogP contribution in [0, 0.1) is 0 Å². The predicted octanol–water partition coefficient (Wildman–Crippen LogP) is 1.58. The monoisotopic (exact) mass is 283 g/mol. The molecule has 4 nitrogen and oxygen atoms in total. The van der Waals surface area contributed by atoms with Gasteiger partial charge in [-0.05, 0) is 25.0 Å². The molecule has 0 bridgehead atoms. The first-order valence-electron chi connectivity index (χ1n) is 6.15. The average Bonchev–Trinajstić information content (AvgIpc) is 2.70. The Bertz CT molecular complexity index is 589. The van der Waals surface area contributed by atoms with Crippen LogP contribution < -0.4 is 0 Å². The Hall–Kier alpha value is -0.480. The molecule has 0 amide bonds. The second-order valence-corrected chi connectivity index (χ2v) is 8.18. The first-order valence-corrected chi connectivity index (χ1v) is 8.55. The third-order valence-electron chi connectivity index (χ3n) is 4.31. The highest BCUT2D eigenvalue weighted by Gasteiger charge is 2.78. The van der Waals surface area contributed by atoms with Gasteiger partial charge in [-0.15, -0.1) is 0 Å². The summed E-state index contributed by atoms with van der Waals surface area (Å²) in [4.78, 5) is 0.428. The van der Waals surface area contributed by atoms with Gasteiger partial charge in [0.1, 0.15) is 11.4 Å². The molecule has 2 saturated heterocycles. The molecule has 4 rings (SSSR count). The molecule has 6 heteroatoms. The highest BCUT2D eigenvalue weighted by molar-refractivity contribution is 7.92. The number of hydrogen-bond acceptors (Lipinski definition) is 4. The third-order valence-corrected chi connectivity index (χ3v) is 7.78. The van der Waals surface area contributed by atoms with E-state index in [0.29, 0.717) is 13.9 Å². The topological polar surface area (TPSA) is 46.6 Å². The van der Waals surface area contributed by atoms with Crippen LogP contribution in [0.15, 0.2) is 35.2 Å². The fourth-order valence-corrected chi connectivity index (χ4v) is 7.27. The molecular weight excluding hydrogens is 269 g/mol. The molecule has 0 radical (unpaired) electrons. The van der Waals surface area contributed by atoms with E-state index in [-0.39, 0.29) is 16.9 Å². The van der Waals surface area contributed by atoms with Gasteiger partial charge in [0.05, 0.1) is 19.4 Å². The van der Waals surface area contributed by atoms with Gasteiger partial charge >= 0.3 is 0 Å². The van der Waals surface area contributed by atoms with E-state index in [9.17, 15) is 8.42 Å². The Morgan fingerprint density at radius 1 is 1.33 bits per heavy atom. The molecule has 0 N–H and O–H groups in total. The maximum atomic E-state index is 12.6. The zero-order chi connectivity index (χ0) is 12.4. The summed E-state index contributed by atoms with van der Waals surface area (Å²) in [6, 6.07) is 8.75. The normalized spacial score (nSPS) is 39.8. The molecule has 2 aliphatic heterocycles. The first kappa shape index (κ1) is 11.4. The summed E-state index contributed by atoms with van der Waals surface area (Å²) in [5.74, 6) is 0. The summed E-state index contributed by atoms with van der Waals surface area (Å²) < 4.78 is 33.2. The number of sulfone groups is 1. The lowest BCUT2D eigenvalue weighted by molar-refractivity contribution is 0.335. The molecule has 0 aromatic heterocycles. The summed E-state index contributed by atoms with van der Waals surface area (Å²) in [6.45, 7) is 0.982. The number of benzene rings is 1. The van der Waals surface area contributed by atoms with Crippen molar-refractivity contribution in [3.8, 4) is 0 Å². The molecule has 2 unspecified atom stereocenters. The SMILES string of the molecule is O=S(=O)(c1ccccc1)C1[C@H]2OPN3CCC[C@]123. The summed E-state index contributed by atoms with van der Waals surface area (Å²) in [5, 5.41) is -0.351. The third kappa shape index (κ3) is 1.23. The summed E-state index contributed by atoms with van der Waals surface area (Å²) >= 11 is 0. The fourth-order valence-electron chi connectivity index (χ4n) is 3.42. The van der Waals surface area contributed by atoms with Gasteiger partial charge in [-0.3, -0.25) is 4.67 Å². The smallest absolute Gasteiger partial charge is 0.185 e. The van der Waals surface area contributed by atoms with Crippen LogP contribution in [0.4, 0.5) is 0 Å². The van der Waals surface area contributed by atoms with Crippen LogP contribution in [0.5, 0.6) is 0 Å². The maximum absolute atomic E-state index is 12.6. The first-order chi connectivity index (χ1) is 8.67. The molecular formula is C12H14NO3PS. The van der Waals surface area contributed by atoms with Crippen molar-refractivity contribution in [2.75, 3.05) is 6.54 Å². The maximum Gasteiger partial charge on any atom is 0.185 e. The van der Waals surface area contributed by atoms with E-state index in [0.717, 1.165) is 19.4 Å². The molecule has 18 heavy (non-hydrogen) atoms. The van der Waals surface area contributed by atoms with Gasteiger partial charge in [0, 0.05) is 6.54 Å². The molecule has 1 saturated carbocycles. The van der Waals surface area contributed by atoms with Crippen LogP contribution in [-0.4, -0.2) is 36.5 Å². The van der Waals surface area contributed by atoms with Crippen molar-refractivity contribution in [1.29, 1.82) is 0 Å². The van der Waals surface area contributed by atoms with Crippen molar-refractivity contribution in [3.63, 3.8) is 0 Å². The lowest BCUT2D eigenvalue weighted by atomic mass is 10.2. The second kappa shape index (κ2) is 3.54. The van der Waals surface area contributed by atoms with Crippen LogP contribution in [0.3, 0.4) is 0 Å². The van der Waals surface area contributed by atoms with Crippen molar-refractivity contribution in [3.05, 3.63) is 30.3 Å². The van der Waals surface area contributed by atoms with Crippen molar-refractivity contribution in [2.24, 2.45) is 0 Å². The Labute approximate surface area is 108 Å². The van der Waals surface area contributed by atoms with Crippen LogP contribution in [-0.2, 0) is 14.4 Å². The minimum absolute atomic E-state index is 0.0939. The molecule has 2 heterocycles. The summed E-state index contributed by atoms with van der Waals surface area (Å²) in [5.41, 5.74) is -0.187. The van der Waals surface area contributed by atoms with Crippen molar-refractivity contribution in [2.45, 2.75) is 34.6 Å². The van der Waals surface area contributed by atoms with Crippen molar-refractivity contribution >= 4 is 18.8 Å².